The van der Waals surface area contributed by atoms with Crippen LogP contribution in [0.3, 0.4) is 0 Å². The van der Waals surface area contributed by atoms with Crippen LogP contribution < -0.4 is 0 Å². The van der Waals surface area contributed by atoms with E-state index in [9.17, 15) is 9.90 Å². The lowest BCUT2D eigenvalue weighted by Gasteiger charge is -2.37. The second-order valence-corrected chi connectivity index (χ2v) is 5.42. The molecule has 1 N–H and O–H groups in total. The average Bonchev–Trinajstić information content (AvgIpc) is 2.39. The van der Waals surface area contributed by atoms with E-state index in [-0.39, 0.29) is 6.10 Å². The number of hydrogen-bond acceptors (Lipinski definition) is 3. The lowest BCUT2D eigenvalue weighted by molar-refractivity contribution is -0.144. The summed E-state index contributed by atoms with van der Waals surface area (Å²) in [6, 6.07) is 9.45. The third-order valence-electron chi connectivity index (χ3n) is 3.75. The first-order valence-corrected chi connectivity index (χ1v) is 6.65. The Morgan fingerprint density at radius 1 is 1.47 bits per heavy atom. The summed E-state index contributed by atoms with van der Waals surface area (Å²) >= 11 is 0. The molecule has 1 fully saturated rings. The van der Waals surface area contributed by atoms with E-state index >= 15 is 0 Å². The van der Waals surface area contributed by atoms with Crippen LogP contribution in [-0.2, 0) is 14.9 Å². The predicted molar refractivity (Wildman–Crippen MR) is 73.3 cm³/mol. The Kier molecular flexibility index (Phi) is 4.22. The van der Waals surface area contributed by atoms with E-state index < -0.39 is 11.4 Å². The van der Waals surface area contributed by atoms with E-state index in [0.717, 1.165) is 18.7 Å². The van der Waals surface area contributed by atoms with E-state index in [1.807, 2.05) is 37.3 Å². The molecule has 2 unspecified atom stereocenters. The Hall–Kier alpha value is -1.39. The summed E-state index contributed by atoms with van der Waals surface area (Å²) in [5.41, 5.74) is -0.0279. The first kappa shape index (κ1) is 14.0. The second-order valence-electron chi connectivity index (χ2n) is 5.42. The second kappa shape index (κ2) is 5.72. The molecule has 19 heavy (non-hydrogen) atoms. The molecule has 104 valence electrons. The molecule has 0 spiro atoms. The van der Waals surface area contributed by atoms with Gasteiger partial charge < -0.3 is 9.84 Å². The van der Waals surface area contributed by atoms with E-state index in [2.05, 4.69) is 4.90 Å². The van der Waals surface area contributed by atoms with Crippen molar-refractivity contribution in [3.05, 3.63) is 35.9 Å². The van der Waals surface area contributed by atoms with Crippen LogP contribution in [0.1, 0.15) is 19.4 Å². The van der Waals surface area contributed by atoms with Crippen LogP contribution in [0.5, 0.6) is 0 Å². The molecule has 0 aliphatic carbocycles. The van der Waals surface area contributed by atoms with E-state index in [1.54, 1.807) is 6.92 Å². The molecule has 1 aliphatic heterocycles. The molecule has 1 aliphatic rings. The zero-order chi connectivity index (χ0) is 13.9. The van der Waals surface area contributed by atoms with Gasteiger partial charge in [-0.1, -0.05) is 30.3 Å². The van der Waals surface area contributed by atoms with Gasteiger partial charge in [-0.15, -0.1) is 0 Å². The molecule has 2 rings (SSSR count). The maximum Gasteiger partial charge on any atom is 0.315 e. The van der Waals surface area contributed by atoms with Crippen molar-refractivity contribution < 1.29 is 14.6 Å². The van der Waals surface area contributed by atoms with Gasteiger partial charge in [-0.2, -0.15) is 0 Å². The molecule has 0 bridgehead atoms. The fraction of sp³-hybridized carbons (Fsp3) is 0.533. The molecule has 0 saturated carbocycles. The topological polar surface area (TPSA) is 49.8 Å². The Labute approximate surface area is 114 Å². The van der Waals surface area contributed by atoms with Gasteiger partial charge in [0.05, 0.1) is 12.7 Å². The summed E-state index contributed by atoms with van der Waals surface area (Å²) < 4.78 is 5.50. The van der Waals surface area contributed by atoms with Gasteiger partial charge in [-0.25, -0.2) is 0 Å². The monoisotopic (exact) mass is 263 g/mol. The Morgan fingerprint density at radius 2 is 2.16 bits per heavy atom. The molecule has 0 radical (unpaired) electrons. The van der Waals surface area contributed by atoms with Crippen molar-refractivity contribution in [1.29, 1.82) is 0 Å². The third-order valence-corrected chi connectivity index (χ3v) is 3.75. The van der Waals surface area contributed by atoms with Gasteiger partial charge in [0.15, 0.2) is 0 Å². The predicted octanol–water partition coefficient (Wildman–Crippen LogP) is 1.75. The normalized spacial score (nSPS) is 23.8. The summed E-state index contributed by atoms with van der Waals surface area (Å²) in [4.78, 5) is 13.9. The molecule has 4 nitrogen and oxygen atoms in total. The summed E-state index contributed by atoms with van der Waals surface area (Å²) in [6.07, 6.45) is 0.169. The number of hydrogen-bond donors (Lipinski definition) is 1. The maximum atomic E-state index is 11.7. The summed E-state index contributed by atoms with van der Waals surface area (Å²) in [7, 11) is 0. The Morgan fingerprint density at radius 3 is 2.74 bits per heavy atom. The van der Waals surface area contributed by atoms with Crippen LogP contribution in [0.4, 0.5) is 0 Å². The number of nitrogens with zero attached hydrogens (tertiary/aromatic N) is 1. The van der Waals surface area contributed by atoms with Gasteiger partial charge in [0, 0.05) is 19.6 Å². The quantitative estimate of drug-likeness (QED) is 0.899. The Balaban J connectivity index is 2.18. The molecule has 4 heteroatoms. The highest BCUT2D eigenvalue weighted by Gasteiger charge is 2.37. The van der Waals surface area contributed by atoms with Crippen molar-refractivity contribution >= 4 is 5.97 Å². The van der Waals surface area contributed by atoms with Crippen LogP contribution in [0.15, 0.2) is 30.3 Å². The van der Waals surface area contributed by atoms with E-state index in [1.165, 1.54) is 0 Å². The number of benzene rings is 1. The standard InChI is InChI=1S/C15H21NO3/c1-12-10-16(8-9-19-12)11-15(2,14(17)18)13-6-4-3-5-7-13/h3-7,12H,8-11H2,1-2H3,(H,17,18). The third kappa shape index (κ3) is 3.14. The summed E-state index contributed by atoms with van der Waals surface area (Å²) in [6.45, 7) is 6.58. The fourth-order valence-corrected chi connectivity index (χ4v) is 2.57. The lowest BCUT2D eigenvalue weighted by atomic mass is 9.82. The number of carboxylic acids is 1. The maximum absolute atomic E-state index is 11.7. The minimum atomic E-state index is -0.877. The highest BCUT2D eigenvalue weighted by molar-refractivity contribution is 5.81. The minimum absolute atomic E-state index is 0.169. The summed E-state index contributed by atoms with van der Waals surface area (Å²) in [5, 5.41) is 9.62. The number of carbonyl (C=O) groups is 1. The van der Waals surface area contributed by atoms with Crippen molar-refractivity contribution in [1.82, 2.24) is 4.90 Å². The summed E-state index contributed by atoms with van der Waals surface area (Å²) in [5.74, 6) is -0.780. The molecular weight excluding hydrogens is 242 g/mol. The Bertz CT molecular complexity index is 434. The van der Waals surface area contributed by atoms with Crippen molar-refractivity contribution in [3.8, 4) is 0 Å². The molecule has 1 saturated heterocycles. The largest absolute Gasteiger partial charge is 0.481 e. The average molecular weight is 263 g/mol. The molecule has 2 atom stereocenters. The lowest BCUT2D eigenvalue weighted by Crippen LogP contribution is -2.50. The SMILES string of the molecule is CC1CN(CC(C)(C(=O)O)c2ccccc2)CCO1. The number of ether oxygens (including phenoxy) is 1. The van der Waals surface area contributed by atoms with Crippen LogP contribution >= 0.6 is 0 Å². The van der Waals surface area contributed by atoms with Crippen molar-refractivity contribution in [2.24, 2.45) is 0 Å². The van der Waals surface area contributed by atoms with Crippen LogP contribution in [0.2, 0.25) is 0 Å². The molecule has 0 aromatic heterocycles. The smallest absolute Gasteiger partial charge is 0.315 e. The molecule has 1 heterocycles. The van der Waals surface area contributed by atoms with Gasteiger partial charge in [0.2, 0.25) is 0 Å². The highest BCUT2D eigenvalue weighted by atomic mass is 16.5. The number of aliphatic carboxylic acids is 1. The first-order valence-electron chi connectivity index (χ1n) is 6.65. The van der Waals surface area contributed by atoms with Gasteiger partial charge in [0.25, 0.3) is 0 Å². The first-order chi connectivity index (χ1) is 9.02. The van der Waals surface area contributed by atoms with Gasteiger partial charge in [0.1, 0.15) is 5.41 Å². The minimum Gasteiger partial charge on any atom is -0.481 e. The van der Waals surface area contributed by atoms with Crippen LogP contribution in [0.25, 0.3) is 0 Å². The molecular formula is C15H21NO3. The van der Waals surface area contributed by atoms with Crippen LogP contribution in [0, 0.1) is 0 Å². The number of morpholine rings is 1. The zero-order valence-corrected chi connectivity index (χ0v) is 11.5. The number of rotatable bonds is 4. The fourth-order valence-electron chi connectivity index (χ4n) is 2.57. The van der Waals surface area contributed by atoms with E-state index in [4.69, 9.17) is 4.74 Å². The van der Waals surface area contributed by atoms with Gasteiger partial charge >= 0.3 is 5.97 Å². The van der Waals surface area contributed by atoms with Crippen molar-refractivity contribution in [3.63, 3.8) is 0 Å². The molecule has 1 aromatic carbocycles. The van der Waals surface area contributed by atoms with E-state index in [0.29, 0.717) is 13.2 Å². The zero-order valence-electron chi connectivity index (χ0n) is 11.5. The highest BCUT2D eigenvalue weighted by Crippen LogP contribution is 2.26. The van der Waals surface area contributed by atoms with Crippen molar-refractivity contribution in [2.45, 2.75) is 25.4 Å². The van der Waals surface area contributed by atoms with Gasteiger partial charge in [-0.3, -0.25) is 9.69 Å². The van der Waals surface area contributed by atoms with Gasteiger partial charge in [-0.05, 0) is 19.4 Å². The molecule has 1 aromatic rings. The molecule has 0 amide bonds. The van der Waals surface area contributed by atoms with Crippen LogP contribution in [-0.4, -0.2) is 48.3 Å². The number of carboxylic acid groups (broad SMARTS) is 1. The van der Waals surface area contributed by atoms with Crippen molar-refractivity contribution in [2.75, 3.05) is 26.2 Å².